The molecule has 0 aromatic heterocycles. The van der Waals surface area contributed by atoms with Gasteiger partial charge in [-0.05, 0) is 56.9 Å². The van der Waals surface area contributed by atoms with Crippen molar-refractivity contribution < 1.29 is 9.53 Å². The van der Waals surface area contributed by atoms with Crippen molar-refractivity contribution >= 4 is 21.8 Å². The molecule has 0 heterocycles. The first-order valence-electron chi connectivity index (χ1n) is 9.44. The lowest BCUT2D eigenvalue weighted by atomic mass is 9.87. The third-order valence-corrected chi connectivity index (χ3v) is 5.02. The predicted octanol–water partition coefficient (Wildman–Crippen LogP) is 6.03. The lowest BCUT2D eigenvalue weighted by Gasteiger charge is -2.22. The monoisotopic (exact) mass is 431 g/mol. The summed E-state index contributed by atoms with van der Waals surface area (Å²) in [7, 11) is 0. The third kappa shape index (κ3) is 6.69. The van der Waals surface area contributed by atoms with E-state index in [1.807, 2.05) is 30.3 Å². The van der Waals surface area contributed by atoms with E-state index in [2.05, 4.69) is 74.1 Å². The Labute approximate surface area is 171 Å². The molecule has 0 aliphatic carbocycles. The lowest BCUT2D eigenvalue weighted by molar-refractivity contribution is -0.124. The number of rotatable bonds is 7. The molecule has 3 nitrogen and oxygen atoms in total. The molecule has 4 heteroatoms. The molecule has 1 atom stereocenters. The molecule has 2 aromatic carbocycles. The third-order valence-electron chi connectivity index (χ3n) is 4.40. The highest BCUT2D eigenvalue weighted by Gasteiger charge is 2.18. The van der Waals surface area contributed by atoms with Gasteiger partial charge in [0.1, 0.15) is 5.75 Å². The molecule has 1 N–H and O–H groups in total. The van der Waals surface area contributed by atoms with Crippen LogP contribution in [0.5, 0.6) is 5.75 Å². The summed E-state index contributed by atoms with van der Waals surface area (Å²) in [6, 6.07) is 16.1. The van der Waals surface area contributed by atoms with E-state index in [-0.39, 0.29) is 24.0 Å². The van der Waals surface area contributed by atoms with Crippen molar-refractivity contribution in [2.45, 2.75) is 52.5 Å². The Bertz CT molecular complexity index is 751. The Morgan fingerprint density at radius 2 is 1.78 bits per heavy atom. The van der Waals surface area contributed by atoms with Crippen molar-refractivity contribution in [2.24, 2.45) is 5.92 Å². The van der Waals surface area contributed by atoms with Crippen LogP contribution in [0.4, 0.5) is 0 Å². The molecule has 0 bridgehead atoms. The van der Waals surface area contributed by atoms with Gasteiger partial charge in [0.2, 0.25) is 0 Å². The second-order valence-electron chi connectivity index (χ2n) is 8.34. The van der Waals surface area contributed by atoms with Crippen molar-refractivity contribution in [3.63, 3.8) is 0 Å². The zero-order valence-corrected chi connectivity index (χ0v) is 18.5. The SMILES string of the molecule is CC(C)CC(NC(=O)COc1ccc(C(C)(C)C)cc1Br)c1ccccc1. The van der Waals surface area contributed by atoms with Gasteiger partial charge in [-0.15, -0.1) is 0 Å². The number of amides is 1. The Morgan fingerprint density at radius 3 is 2.33 bits per heavy atom. The van der Waals surface area contributed by atoms with E-state index in [1.54, 1.807) is 0 Å². The highest BCUT2D eigenvalue weighted by Crippen LogP contribution is 2.31. The summed E-state index contributed by atoms with van der Waals surface area (Å²) in [5.74, 6) is 1.05. The molecule has 27 heavy (non-hydrogen) atoms. The maximum Gasteiger partial charge on any atom is 0.258 e. The molecule has 2 rings (SSSR count). The number of halogens is 1. The van der Waals surface area contributed by atoms with Crippen LogP contribution in [0.1, 0.15) is 58.2 Å². The highest BCUT2D eigenvalue weighted by molar-refractivity contribution is 9.10. The van der Waals surface area contributed by atoms with Crippen LogP contribution in [0, 0.1) is 5.92 Å². The first-order chi connectivity index (χ1) is 12.7. The van der Waals surface area contributed by atoms with Crippen LogP contribution in [0.2, 0.25) is 0 Å². The molecule has 0 fully saturated rings. The van der Waals surface area contributed by atoms with Crippen molar-refractivity contribution in [1.29, 1.82) is 0 Å². The van der Waals surface area contributed by atoms with E-state index in [4.69, 9.17) is 4.74 Å². The summed E-state index contributed by atoms with van der Waals surface area (Å²) >= 11 is 3.55. The van der Waals surface area contributed by atoms with Gasteiger partial charge in [-0.1, -0.05) is 71.0 Å². The minimum atomic E-state index is -0.115. The fourth-order valence-electron chi connectivity index (χ4n) is 2.90. The van der Waals surface area contributed by atoms with Crippen LogP contribution in [-0.4, -0.2) is 12.5 Å². The Hall–Kier alpha value is -1.81. The maximum absolute atomic E-state index is 12.5. The van der Waals surface area contributed by atoms with Crippen molar-refractivity contribution in [3.05, 3.63) is 64.1 Å². The van der Waals surface area contributed by atoms with Crippen LogP contribution >= 0.6 is 15.9 Å². The predicted molar refractivity (Wildman–Crippen MR) is 115 cm³/mol. The molecule has 0 radical (unpaired) electrons. The average molecular weight is 432 g/mol. The second kappa shape index (κ2) is 9.41. The topological polar surface area (TPSA) is 38.3 Å². The van der Waals surface area contributed by atoms with Gasteiger partial charge in [0.05, 0.1) is 10.5 Å². The number of hydrogen-bond donors (Lipinski definition) is 1. The zero-order valence-electron chi connectivity index (χ0n) is 16.9. The van der Waals surface area contributed by atoms with E-state index in [9.17, 15) is 4.79 Å². The van der Waals surface area contributed by atoms with E-state index >= 15 is 0 Å². The summed E-state index contributed by atoms with van der Waals surface area (Å²) < 4.78 is 6.61. The van der Waals surface area contributed by atoms with E-state index < -0.39 is 0 Å². The van der Waals surface area contributed by atoms with Crippen molar-refractivity contribution in [2.75, 3.05) is 6.61 Å². The molecular formula is C23H30BrNO2. The van der Waals surface area contributed by atoms with E-state index in [0.29, 0.717) is 11.7 Å². The summed E-state index contributed by atoms with van der Waals surface area (Å²) in [6.45, 7) is 10.8. The highest BCUT2D eigenvalue weighted by atomic mass is 79.9. The number of carbonyl (C=O) groups is 1. The van der Waals surface area contributed by atoms with Gasteiger partial charge in [0.15, 0.2) is 6.61 Å². The molecule has 0 spiro atoms. The fourth-order valence-corrected chi connectivity index (χ4v) is 3.39. The fraction of sp³-hybridized carbons (Fsp3) is 0.435. The van der Waals surface area contributed by atoms with Crippen LogP contribution in [-0.2, 0) is 10.2 Å². The Balaban J connectivity index is 2.00. The standard InChI is InChI=1S/C23H30BrNO2/c1-16(2)13-20(17-9-7-6-8-10-17)25-22(26)15-27-21-12-11-18(14-19(21)24)23(3,4)5/h6-12,14,16,20H,13,15H2,1-5H3,(H,25,26). The van der Waals surface area contributed by atoms with Gasteiger partial charge in [0.25, 0.3) is 5.91 Å². The molecule has 146 valence electrons. The van der Waals surface area contributed by atoms with Gasteiger partial charge in [-0.3, -0.25) is 4.79 Å². The molecule has 2 aromatic rings. The first-order valence-corrected chi connectivity index (χ1v) is 10.2. The van der Waals surface area contributed by atoms with Gasteiger partial charge < -0.3 is 10.1 Å². The van der Waals surface area contributed by atoms with Crippen LogP contribution in [0.3, 0.4) is 0 Å². The minimum Gasteiger partial charge on any atom is -0.483 e. The summed E-state index contributed by atoms with van der Waals surface area (Å²) in [5.41, 5.74) is 2.40. The van der Waals surface area contributed by atoms with Gasteiger partial charge in [-0.25, -0.2) is 0 Å². The molecule has 0 aliphatic rings. The number of hydrogen-bond acceptors (Lipinski definition) is 2. The number of carbonyl (C=O) groups excluding carboxylic acids is 1. The normalized spacial score (nSPS) is 12.7. The molecule has 1 unspecified atom stereocenters. The summed E-state index contributed by atoms with van der Waals surface area (Å²) in [6.07, 6.45) is 0.889. The Kier molecular flexibility index (Phi) is 7.49. The van der Waals surface area contributed by atoms with Gasteiger partial charge >= 0.3 is 0 Å². The van der Waals surface area contributed by atoms with Crippen LogP contribution in [0.15, 0.2) is 53.0 Å². The number of benzene rings is 2. The molecule has 0 saturated carbocycles. The maximum atomic E-state index is 12.5. The van der Waals surface area contributed by atoms with Gasteiger partial charge in [-0.2, -0.15) is 0 Å². The average Bonchev–Trinajstić information content (AvgIpc) is 2.59. The smallest absolute Gasteiger partial charge is 0.258 e. The van der Waals surface area contributed by atoms with Crippen LogP contribution in [0.25, 0.3) is 0 Å². The largest absolute Gasteiger partial charge is 0.483 e. The van der Waals surface area contributed by atoms with Crippen LogP contribution < -0.4 is 10.1 Å². The van der Waals surface area contributed by atoms with E-state index in [0.717, 1.165) is 16.5 Å². The van der Waals surface area contributed by atoms with Crippen molar-refractivity contribution in [1.82, 2.24) is 5.32 Å². The van der Waals surface area contributed by atoms with Crippen molar-refractivity contribution in [3.8, 4) is 5.75 Å². The second-order valence-corrected chi connectivity index (χ2v) is 9.20. The molecular weight excluding hydrogens is 402 g/mol. The van der Waals surface area contributed by atoms with Gasteiger partial charge in [0, 0.05) is 0 Å². The van der Waals surface area contributed by atoms with E-state index in [1.165, 1.54) is 5.56 Å². The minimum absolute atomic E-state index is 0.00507. The lowest BCUT2D eigenvalue weighted by Crippen LogP contribution is -2.33. The quantitative estimate of drug-likeness (QED) is 0.580. The Morgan fingerprint density at radius 1 is 1.11 bits per heavy atom. The molecule has 0 saturated heterocycles. The first kappa shape index (κ1) is 21.5. The summed E-state index contributed by atoms with van der Waals surface area (Å²) in [5, 5.41) is 3.11. The number of nitrogens with one attached hydrogen (secondary N) is 1. The zero-order chi connectivity index (χ0) is 20.0. The number of ether oxygens (including phenoxy) is 1. The molecule has 0 aliphatic heterocycles. The molecule has 1 amide bonds. The summed E-state index contributed by atoms with van der Waals surface area (Å²) in [4.78, 5) is 12.5.